The molecule has 66 valence electrons. The molecule has 0 aromatic heterocycles. The highest BCUT2D eigenvalue weighted by Crippen LogP contribution is 2.07. The van der Waals surface area contributed by atoms with Gasteiger partial charge in [-0.2, -0.15) is 0 Å². The van der Waals surface area contributed by atoms with Gasteiger partial charge in [-0.05, 0) is 25.3 Å². The molecular formula is C10H14O2. The van der Waals surface area contributed by atoms with E-state index in [1.807, 2.05) is 6.08 Å². The number of hydrogen-bond donors (Lipinski definition) is 0. The fraction of sp³-hybridized carbons (Fsp3) is 0.600. The molecule has 1 aliphatic rings. The molecule has 0 aromatic rings. The molecule has 0 unspecified atom stereocenters. The third kappa shape index (κ3) is 3.46. The van der Waals surface area contributed by atoms with Crippen molar-refractivity contribution in [3.05, 3.63) is 12.2 Å². The van der Waals surface area contributed by atoms with E-state index in [1.54, 1.807) is 6.08 Å². The molecule has 2 nitrogen and oxygen atoms in total. The largest absolute Gasteiger partial charge is 0.300 e. The summed E-state index contributed by atoms with van der Waals surface area (Å²) in [6, 6.07) is 0. The van der Waals surface area contributed by atoms with Crippen LogP contribution >= 0.6 is 0 Å². The van der Waals surface area contributed by atoms with Gasteiger partial charge >= 0.3 is 0 Å². The van der Waals surface area contributed by atoms with Crippen molar-refractivity contribution in [3.63, 3.8) is 0 Å². The molecule has 0 atom stereocenters. The molecule has 1 aliphatic carbocycles. The van der Waals surface area contributed by atoms with E-state index < -0.39 is 0 Å². The third-order valence-electron chi connectivity index (χ3n) is 2.02. The monoisotopic (exact) mass is 166 g/mol. The SMILES string of the molecule is O=C1C=CCCC(=O)CCCC1. The lowest BCUT2D eigenvalue weighted by molar-refractivity contribution is -0.119. The Kier molecular flexibility index (Phi) is 3.71. The molecule has 0 bridgehead atoms. The van der Waals surface area contributed by atoms with Crippen LogP contribution in [0.25, 0.3) is 0 Å². The average Bonchev–Trinajstić information content (AvgIpc) is 2.06. The number of carbonyl (C=O) groups is 2. The smallest absolute Gasteiger partial charge is 0.155 e. The van der Waals surface area contributed by atoms with Crippen LogP contribution in [0, 0.1) is 0 Å². The molecule has 1 rings (SSSR count). The van der Waals surface area contributed by atoms with Gasteiger partial charge in [-0.3, -0.25) is 9.59 Å². The highest BCUT2D eigenvalue weighted by Gasteiger charge is 2.04. The van der Waals surface area contributed by atoms with Crippen LogP contribution in [-0.2, 0) is 9.59 Å². The van der Waals surface area contributed by atoms with Gasteiger partial charge < -0.3 is 0 Å². The number of rotatable bonds is 0. The Balaban J connectivity index is 2.44. The van der Waals surface area contributed by atoms with Crippen LogP contribution in [-0.4, -0.2) is 11.6 Å². The van der Waals surface area contributed by atoms with Crippen LogP contribution in [0.1, 0.15) is 38.5 Å². The van der Waals surface area contributed by atoms with Crippen LogP contribution in [0.3, 0.4) is 0 Å². The summed E-state index contributed by atoms with van der Waals surface area (Å²) in [5.41, 5.74) is 0. The van der Waals surface area contributed by atoms with E-state index in [4.69, 9.17) is 0 Å². The first kappa shape index (κ1) is 9.17. The first-order valence-electron chi connectivity index (χ1n) is 4.50. The summed E-state index contributed by atoms with van der Waals surface area (Å²) in [4.78, 5) is 22.1. The Bertz CT molecular complexity index is 204. The Morgan fingerprint density at radius 1 is 1.00 bits per heavy atom. The van der Waals surface area contributed by atoms with Crippen molar-refractivity contribution in [3.8, 4) is 0 Å². The van der Waals surface area contributed by atoms with Gasteiger partial charge in [0, 0.05) is 19.3 Å². The van der Waals surface area contributed by atoms with Gasteiger partial charge in [0.25, 0.3) is 0 Å². The van der Waals surface area contributed by atoms with E-state index in [0.29, 0.717) is 25.0 Å². The molecular weight excluding hydrogens is 152 g/mol. The van der Waals surface area contributed by atoms with Gasteiger partial charge in [0.05, 0.1) is 0 Å². The van der Waals surface area contributed by atoms with Gasteiger partial charge in [-0.15, -0.1) is 0 Å². The maximum Gasteiger partial charge on any atom is 0.155 e. The second kappa shape index (κ2) is 4.86. The van der Waals surface area contributed by atoms with Crippen LogP contribution in [0.5, 0.6) is 0 Å². The van der Waals surface area contributed by atoms with Crippen LogP contribution in [0.15, 0.2) is 12.2 Å². The molecule has 0 radical (unpaired) electrons. The molecule has 0 spiro atoms. The summed E-state index contributed by atoms with van der Waals surface area (Å²) in [7, 11) is 0. The summed E-state index contributed by atoms with van der Waals surface area (Å²) < 4.78 is 0. The molecule has 2 heteroatoms. The van der Waals surface area contributed by atoms with Crippen LogP contribution in [0.2, 0.25) is 0 Å². The number of ketones is 2. The van der Waals surface area contributed by atoms with Gasteiger partial charge in [0.15, 0.2) is 5.78 Å². The summed E-state index contributed by atoms with van der Waals surface area (Å²) in [5.74, 6) is 0.526. The lowest BCUT2D eigenvalue weighted by Gasteiger charge is -2.01. The number of hydrogen-bond acceptors (Lipinski definition) is 2. The molecule has 0 saturated heterocycles. The minimum atomic E-state index is 0.198. The summed E-state index contributed by atoms with van der Waals surface area (Å²) >= 11 is 0. The van der Waals surface area contributed by atoms with Crippen molar-refractivity contribution in [2.45, 2.75) is 38.5 Å². The van der Waals surface area contributed by atoms with Gasteiger partial charge in [-0.1, -0.05) is 6.08 Å². The fourth-order valence-electron chi connectivity index (χ4n) is 1.29. The Hall–Kier alpha value is -0.920. The second-order valence-electron chi connectivity index (χ2n) is 3.15. The maximum absolute atomic E-state index is 11.1. The molecule has 0 N–H and O–H groups in total. The van der Waals surface area contributed by atoms with Crippen LogP contribution in [0.4, 0.5) is 0 Å². The predicted molar refractivity (Wildman–Crippen MR) is 46.9 cm³/mol. The maximum atomic E-state index is 11.1. The normalized spacial score (nSPS) is 21.0. The molecule has 0 aliphatic heterocycles. The van der Waals surface area contributed by atoms with E-state index in [0.717, 1.165) is 19.3 Å². The Morgan fingerprint density at radius 3 is 2.58 bits per heavy atom. The predicted octanol–water partition coefficient (Wildman–Crippen LogP) is 2.04. The van der Waals surface area contributed by atoms with E-state index in [1.165, 1.54) is 0 Å². The summed E-state index contributed by atoms with van der Waals surface area (Å²) in [6.45, 7) is 0. The third-order valence-corrected chi connectivity index (χ3v) is 2.02. The zero-order chi connectivity index (χ0) is 8.81. The average molecular weight is 166 g/mol. The van der Waals surface area contributed by atoms with E-state index in [9.17, 15) is 9.59 Å². The molecule has 0 aromatic carbocycles. The molecule has 0 fully saturated rings. The van der Waals surface area contributed by atoms with Crippen molar-refractivity contribution in [2.75, 3.05) is 0 Å². The Morgan fingerprint density at radius 2 is 1.75 bits per heavy atom. The molecule has 12 heavy (non-hydrogen) atoms. The molecule has 0 saturated carbocycles. The zero-order valence-corrected chi connectivity index (χ0v) is 7.21. The quantitative estimate of drug-likeness (QED) is 0.551. The first-order chi connectivity index (χ1) is 5.79. The first-order valence-corrected chi connectivity index (χ1v) is 4.50. The number of allylic oxidation sites excluding steroid dienone is 2. The van der Waals surface area contributed by atoms with E-state index in [2.05, 4.69) is 0 Å². The van der Waals surface area contributed by atoms with Gasteiger partial charge in [-0.25, -0.2) is 0 Å². The van der Waals surface area contributed by atoms with Gasteiger partial charge in [0.2, 0.25) is 0 Å². The number of carbonyl (C=O) groups excluding carboxylic acids is 2. The van der Waals surface area contributed by atoms with Crippen molar-refractivity contribution in [1.29, 1.82) is 0 Å². The minimum Gasteiger partial charge on any atom is -0.300 e. The van der Waals surface area contributed by atoms with Crippen LogP contribution < -0.4 is 0 Å². The van der Waals surface area contributed by atoms with Crippen molar-refractivity contribution in [2.24, 2.45) is 0 Å². The molecule has 0 heterocycles. The Labute approximate surface area is 72.7 Å². The van der Waals surface area contributed by atoms with Crippen molar-refractivity contribution in [1.82, 2.24) is 0 Å². The van der Waals surface area contributed by atoms with Crippen molar-refractivity contribution < 1.29 is 9.59 Å². The summed E-state index contributed by atoms with van der Waals surface area (Å²) in [5, 5.41) is 0. The lowest BCUT2D eigenvalue weighted by atomic mass is 10.0. The van der Waals surface area contributed by atoms with Gasteiger partial charge in [0.1, 0.15) is 5.78 Å². The highest BCUT2D eigenvalue weighted by atomic mass is 16.1. The summed E-state index contributed by atoms with van der Waals surface area (Å²) in [6.07, 6.45) is 7.73. The topological polar surface area (TPSA) is 34.1 Å². The fourth-order valence-corrected chi connectivity index (χ4v) is 1.29. The zero-order valence-electron chi connectivity index (χ0n) is 7.21. The number of Topliss-reactive ketones (excluding diaryl/α,β-unsaturated/α-hetero) is 1. The van der Waals surface area contributed by atoms with E-state index >= 15 is 0 Å². The van der Waals surface area contributed by atoms with Crippen molar-refractivity contribution >= 4 is 11.6 Å². The highest BCUT2D eigenvalue weighted by molar-refractivity contribution is 5.89. The van der Waals surface area contributed by atoms with E-state index in [-0.39, 0.29) is 5.78 Å². The lowest BCUT2D eigenvalue weighted by Crippen LogP contribution is -2.00. The standard InChI is InChI=1S/C10H14O2/c11-9-5-1-2-6-10(12)8-4-3-7-9/h1,5H,2-4,6-8H2. The second-order valence-corrected chi connectivity index (χ2v) is 3.15. The molecule has 0 amide bonds. The minimum absolute atomic E-state index is 0.198.